The highest BCUT2D eigenvalue weighted by atomic mass is 79.9. The molecule has 1 amide bonds. The fourth-order valence-electron chi connectivity index (χ4n) is 2.30. The van der Waals surface area contributed by atoms with E-state index < -0.39 is 11.8 Å². The number of amides is 1. The van der Waals surface area contributed by atoms with Gasteiger partial charge in [-0.3, -0.25) is 9.59 Å². The summed E-state index contributed by atoms with van der Waals surface area (Å²) >= 11 is 15.2. The maximum atomic E-state index is 12.8. The maximum absolute atomic E-state index is 12.8. The van der Waals surface area contributed by atoms with Crippen LogP contribution in [0, 0.1) is 11.3 Å². The van der Waals surface area contributed by atoms with Crippen molar-refractivity contribution in [2.24, 2.45) is 0 Å². The molecule has 0 saturated heterocycles. The highest BCUT2D eigenvalue weighted by Crippen LogP contribution is 2.24. The molecule has 3 rings (SSSR count). The number of carbonyl (C=O) groups is 2. The number of hydrogen-bond donors (Lipinski definition) is 1. The number of rotatable bonds is 3. The van der Waals surface area contributed by atoms with Crippen LogP contribution in [0.1, 0.15) is 26.3 Å². The third kappa shape index (κ3) is 3.88. The number of nitriles is 1. The lowest BCUT2D eigenvalue weighted by molar-refractivity contribution is 0.0946. The monoisotopic (exact) mass is 462 g/mol. The van der Waals surface area contributed by atoms with Crippen molar-refractivity contribution in [1.29, 1.82) is 5.26 Å². The van der Waals surface area contributed by atoms with Crippen LogP contribution in [-0.2, 0) is 0 Å². The first-order valence-corrected chi connectivity index (χ1v) is 9.01. The number of aromatic nitrogens is 2. The van der Waals surface area contributed by atoms with Gasteiger partial charge in [0.2, 0.25) is 0 Å². The zero-order chi connectivity index (χ0) is 19.6. The predicted octanol–water partition coefficient (Wildman–Crippen LogP) is 4.76. The molecule has 134 valence electrons. The maximum Gasteiger partial charge on any atom is 0.281 e. The summed E-state index contributed by atoms with van der Waals surface area (Å²) in [6, 6.07) is 13.0. The second kappa shape index (κ2) is 7.92. The Morgan fingerprint density at radius 1 is 1.15 bits per heavy atom. The normalized spacial score (nSPS) is 10.3. The highest BCUT2D eigenvalue weighted by Gasteiger charge is 2.22. The van der Waals surface area contributed by atoms with Crippen LogP contribution >= 0.6 is 39.1 Å². The minimum Gasteiger partial charge on any atom is -0.305 e. The summed E-state index contributed by atoms with van der Waals surface area (Å²) in [5.41, 5.74) is 0.505. The molecular formula is C18H9BrCl2N4O2. The van der Waals surface area contributed by atoms with E-state index in [4.69, 9.17) is 23.2 Å². The van der Waals surface area contributed by atoms with Crippen LogP contribution in [0.5, 0.6) is 0 Å². The van der Waals surface area contributed by atoms with Gasteiger partial charge in [0, 0.05) is 9.50 Å². The molecule has 0 aliphatic rings. The average Bonchev–Trinajstić information content (AvgIpc) is 3.04. The summed E-state index contributed by atoms with van der Waals surface area (Å²) in [6.07, 6.45) is 1.20. The van der Waals surface area contributed by atoms with E-state index in [2.05, 4.69) is 26.3 Å². The molecule has 0 unspecified atom stereocenters. The summed E-state index contributed by atoms with van der Waals surface area (Å²) in [6.45, 7) is 0. The Kier molecular flexibility index (Phi) is 5.61. The van der Waals surface area contributed by atoms with Crippen molar-refractivity contribution in [3.63, 3.8) is 0 Å². The van der Waals surface area contributed by atoms with E-state index in [-0.39, 0.29) is 22.0 Å². The molecule has 0 aliphatic heterocycles. The third-order valence-electron chi connectivity index (χ3n) is 3.59. The fraction of sp³-hybridized carbons (Fsp3) is 0. The Balaban J connectivity index is 2.00. The van der Waals surface area contributed by atoms with Gasteiger partial charge in [-0.25, -0.2) is 0 Å². The second-order valence-corrected chi connectivity index (χ2v) is 6.99. The topological polar surface area (TPSA) is 87.8 Å². The summed E-state index contributed by atoms with van der Waals surface area (Å²) < 4.78 is 1.52. The number of carbonyl (C=O) groups excluding carboxylic acids is 2. The minimum absolute atomic E-state index is 0.0360. The van der Waals surface area contributed by atoms with Gasteiger partial charge < -0.3 is 5.32 Å². The first-order valence-electron chi connectivity index (χ1n) is 7.46. The fourth-order valence-corrected chi connectivity index (χ4v) is 3.25. The first kappa shape index (κ1) is 19.1. The van der Waals surface area contributed by atoms with Gasteiger partial charge >= 0.3 is 0 Å². The van der Waals surface area contributed by atoms with Crippen molar-refractivity contribution >= 4 is 56.8 Å². The Morgan fingerprint density at radius 2 is 1.89 bits per heavy atom. The second-order valence-electron chi connectivity index (χ2n) is 5.29. The SMILES string of the molecule is N#Cc1cnn(C(=O)c2ccccc2Br)c1NC(=O)c1ccc(Cl)cc1Cl. The molecule has 3 aromatic rings. The van der Waals surface area contributed by atoms with Gasteiger partial charge in [-0.15, -0.1) is 0 Å². The zero-order valence-corrected chi connectivity index (χ0v) is 16.5. The van der Waals surface area contributed by atoms with E-state index in [1.807, 2.05) is 6.07 Å². The minimum atomic E-state index is -0.602. The number of hydrogen-bond acceptors (Lipinski definition) is 4. The molecular weight excluding hydrogens is 455 g/mol. The number of benzene rings is 2. The summed E-state index contributed by atoms with van der Waals surface area (Å²) in [5, 5.41) is 16.3. The number of nitrogens with one attached hydrogen (secondary N) is 1. The van der Waals surface area contributed by atoms with Gasteiger partial charge in [-0.05, 0) is 46.3 Å². The number of anilines is 1. The first-order chi connectivity index (χ1) is 12.9. The average molecular weight is 464 g/mol. The Morgan fingerprint density at radius 3 is 2.56 bits per heavy atom. The standard InChI is InChI=1S/C18H9BrCl2N4O2/c19-14-4-2-1-3-12(14)18(27)25-16(10(8-22)9-23-25)24-17(26)13-6-5-11(20)7-15(13)21/h1-7,9H,(H,24,26). The number of nitrogens with zero attached hydrogens (tertiary/aromatic N) is 3. The molecule has 2 aromatic carbocycles. The van der Waals surface area contributed by atoms with Crippen LogP contribution in [0.25, 0.3) is 0 Å². The van der Waals surface area contributed by atoms with Crippen LogP contribution in [-0.4, -0.2) is 21.6 Å². The quantitative estimate of drug-likeness (QED) is 0.606. The molecule has 0 radical (unpaired) electrons. The van der Waals surface area contributed by atoms with Gasteiger partial charge in [0.05, 0.1) is 22.3 Å². The van der Waals surface area contributed by atoms with Crippen LogP contribution in [0.15, 0.2) is 53.1 Å². The molecule has 0 aliphatic carbocycles. The van der Waals surface area contributed by atoms with Gasteiger partial charge in [0.25, 0.3) is 11.8 Å². The van der Waals surface area contributed by atoms with Crippen LogP contribution in [0.4, 0.5) is 5.82 Å². The molecule has 0 bridgehead atoms. The number of halogens is 3. The Hall–Kier alpha value is -2.66. The molecule has 1 N–H and O–H groups in total. The molecule has 1 heterocycles. The van der Waals surface area contributed by atoms with Crippen molar-refractivity contribution in [2.45, 2.75) is 0 Å². The lowest BCUT2D eigenvalue weighted by Gasteiger charge is -2.10. The largest absolute Gasteiger partial charge is 0.305 e. The van der Waals surface area contributed by atoms with E-state index >= 15 is 0 Å². The highest BCUT2D eigenvalue weighted by molar-refractivity contribution is 9.10. The summed E-state index contributed by atoms with van der Waals surface area (Å²) in [5.74, 6) is -1.16. The van der Waals surface area contributed by atoms with Crippen LogP contribution in [0.2, 0.25) is 10.0 Å². The third-order valence-corrected chi connectivity index (χ3v) is 4.83. The zero-order valence-electron chi connectivity index (χ0n) is 13.4. The molecule has 0 fully saturated rings. The molecule has 0 spiro atoms. The van der Waals surface area contributed by atoms with Gasteiger partial charge in [-0.2, -0.15) is 15.0 Å². The predicted molar refractivity (Wildman–Crippen MR) is 105 cm³/mol. The van der Waals surface area contributed by atoms with Gasteiger partial charge in [0.15, 0.2) is 5.82 Å². The Bertz CT molecular complexity index is 1100. The smallest absolute Gasteiger partial charge is 0.281 e. The van der Waals surface area contributed by atoms with Crippen molar-refractivity contribution in [2.75, 3.05) is 5.32 Å². The molecule has 1 aromatic heterocycles. The van der Waals surface area contributed by atoms with Gasteiger partial charge in [0.1, 0.15) is 11.6 Å². The molecule has 0 atom stereocenters. The molecule has 6 nitrogen and oxygen atoms in total. The van der Waals surface area contributed by atoms with E-state index in [1.165, 1.54) is 24.4 Å². The summed E-state index contributed by atoms with van der Waals surface area (Å²) in [7, 11) is 0. The van der Waals surface area contributed by atoms with E-state index in [0.29, 0.717) is 15.1 Å². The van der Waals surface area contributed by atoms with E-state index in [1.54, 1.807) is 24.3 Å². The van der Waals surface area contributed by atoms with E-state index in [0.717, 1.165) is 4.68 Å². The lowest BCUT2D eigenvalue weighted by atomic mass is 10.2. The van der Waals surface area contributed by atoms with Crippen molar-refractivity contribution in [3.8, 4) is 6.07 Å². The van der Waals surface area contributed by atoms with Crippen LogP contribution < -0.4 is 5.32 Å². The van der Waals surface area contributed by atoms with Crippen molar-refractivity contribution in [1.82, 2.24) is 9.78 Å². The molecule has 27 heavy (non-hydrogen) atoms. The van der Waals surface area contributed by atoms with Gasteiger partial charge in [-0.1, -0.05) is 35.3 Å². The van der Waals surface area contributed by atoms with Crippen molar-refractivity contribution < 1.29 is 9.59 Å². The molecule has 9 heteroatoms. The van der Waals surface area contributed by atoms with Crippen LogP contribution in [0.3, 0.4) is 0 Å². The van der Waals surface area contributed by atoms with Crippen molar-refractivity contribution in [3.05, 3.63) is 79.9 Å². The summed E-state index contributed by atoms with van der Waals surface area (Å²) in [4.78, 5) is 25.4. The van der Waals surface area contributed by atoms with E-state index in [9.17, 15) is 14.9 Å². The Labute approximate surface area is 172 Å². The molecule has 0 saturated carbocycles. The lowest BCUT2D eigenvalue weighted by Crippen LogP contribution is -2.21.